The van der Waals surface area contributed by atoms with Crippen LogP contribution in [-0.4, -0.2) is 22.9 Å². The quantitative estimate of drug-likeness (QED) is 0.335. The molecule has 0 spiro atoms. The van der Waals surface area contributed by atoms with Crippen LogP contribution in [0.25, 0.3) is 0 Å². The molecule has 1 atom stereocenters. The van der Waals surface area contributed by atoms with E-state index in [1.807, 2.05) is 0 Å². The number of carbonyl (C=O) groups is 2. The molecule has 0 fully saturated rings. The van der Waals surface area contributed by atoms with E-state index < -0.39 is 17.8 Å². The van der Waals surface area contributed by atoms with Crippen LogP contribution in [0.3, 0.4) is 0 Å². The molecule has 4 heteroatoms. The summed E-state index contributed by atoms with van der Waals surface area (Å²) in [6.45, 7) is 2.25. The zero-order valence-corrected chi connectivity index (χ0v) is 14.3. The van der Waals surface area contributed by atoms with Gasteiger partial charge in [-0.2, -0.15) is 0 Å². The van der Waals surface area contributed by atoms with E-state index >= 15 is 0 Å². The van der Waals surface area contributed by atoms with Crippen molar-refractivity contribution in [2.75, 3.05) is 0 Å². The summed E-state index contributed by atoms with van der Waals surface area (Å²) in [4.78, 5) is 22.0. The van der Waals surface area contributed by atoms with Crippen molar-refractivity contribution >= 4 is 11.7 Å². The van der Waals surface area contributed by atoms with Gasteiger partial charge in [-0.05, 0) is 6.42 Å². The molecule has 130 valence electrons. The van der Waals surface area contributed by atoms with E-state index in [0.717, 1.165) is 19.3 Å². The van der Waals surface area contributed by atoms with E-state index in [2.05, 4.69) is 6.92 Å². The molecule has 0 aliphatic carbocycles. The van der Waals surface area contributed by atoms with Crippen LogP contribution in [0.1, 0.15) is 96.8 Å². The first-order valence-electron chi connectivity index (χ1n) is 9.09. The van der Waals surface area contributed by atoms with Gasteiger partial charge in [-0.15, -0.1) is 0 Å². The van der Waals surface area contributed by atoms with Gasteiger partial charge in [-0.3, -0.25) is 9.59 Å². The van der Waals surface area contributed by atoms with Gasteiger partial charge in [0.1, 0.15) is 0 Å². The fourth-order valence-electron chi connectivity index (χ4n) is 2.61. The molecule has 22 heavy (non-hydrogen) atoms. The second kappa shape index (κ2) is 15.0. The Labute approximate surface area is 135 Å². The molecule has 1 amide bonds. The van der Waals surface area contributed by atoms with Crippen LogP contribution < -0.4 is 5.73 Å². The molecular formula is C18H35NO3. The Morgan fingerprint density at radius 2 is 1.14 bits per heavy atom. The molecule has 0 aliphatic rings. The number of primary amides is 1. The topological polar surface area (TPSA) is 80.4 Å². The summed E-state index contributed by atoms with van der Waals surface area (Å²) in [6.07, 6.45) is 14.8. The maximum Gasteiger partial charge on any atom is 0.254 e. The third-order valence-electron chi connectivity index (χ3n) is 4.10. The lowest BCUT2D eigenvalue weighted by atomic mass is 10.0. The lowest BCUT2D eigenvalue weighted by Gasteiger charge is -2.05. The summed E-state index contributed by atoms with van der Waals surface area (Å²) in [7, 11) is 0. The van der Waals surface area contributed by atoms with E-state index in [1.165, 1.54) is 64.2 Å². The highest BCUT2D eigenvalue weighted by molar-refractivity contribution is 6.03. The van der Waals surface area contributed by atoms with E-state index in [-0.39, 0.29) is 6.42 Å². The van der Waals surface area contributed by atoms with Crippen LogP contribution in [0.4, 0.5) is 0 Å². The summed E-state index contributed by atoms with van der Waals surface area (Å²) in [5.74, 6) is -1.39. The van der Waals surface area contributed by atoms with Gasteiger partial charge in [0.2, 0.25) is 0 Å². The highest BCUT2D eigenvalue weighted by atomic mass is 16.3. The summed E-state index contributed by atoms with van der Waals surface area (Å²) < 4.78 is 0. The third-order valence-corrected chi connectivity index (χ3v) is 4.10. The fourth-order valence-corrected chi connectivity index (χ4v) is 2.61. The van der Waals surface area contributed by atoms with Crippen LogP contribution in [-0.2, 0) is 9.59 Å². The Morgan fingerprint density at radius 1 is 0.773 bits per heavy atom. The number of hydrogen-bond donors (Lipinski definition) is 2. The van der Waals surface area contributed by atoms with Gasteiger partial charge in [0.05, 0.1) is 0 Å². The highest BCUT2D eigenvalue weighted by Gasteiger charge is 2.19. The smallest absolute Gasteiger partial charge is 0.254 e. The molecule has 0 aromatic carbocycles. The Morgan fingerprint density at radius 3 is 1.50 bits per heavy atom. The molecule has 1 unspecified atom stereocenters. The minimum Gasteiger partial charge on any atom is -0.376 e. The third kappa shape index (κ3) is 12.8. The number of ketones is 1. The number of rotatable bonds is 16. The molecule has 0 aromatic rings. The molecule has 0 radical (unpaired) electrons. The van der Waals surface area contributed by atoms with Gasteiger partial charge in [-0.1, -0.05) is 84.0 Å². The molecule has 0 aromatic heterocycles. The Hall–Kier alpha value is -0.900. The molecule has 0 bridgehead atoms. The standard InChI is InChI=1S/C18H35NO3/c1-2-3-4-5-6-7-8-9-10-11-12-13-14-15-16(20)17(21)18(19)22/h17,21H,2-15H2,1H3,(H2,19,22). The number of amides is 1. The van der Waals surface area contributed by atoms with Gasteiger partial charge in [0, 0.05) is 6.42 Å². The van der Waals surface area contributed by atoms with Crippen molar-refractivity contribution in [3.63, 3.8) is 0 Å². The number of hydrogen-bond acceptors (Lipinski definition) is 3. The summed E-state index contributed by atoms with van der Waals surface area (Å²) in [5, 5.41) is 9.16. The SMILES string of the molecule is CCCCCCCCCCCCCCCC(=O)C(O)C(N)=O. The minimum absolute atomic E-state index is 0.252. The lowest BCUT2D eigenvalue weighted by molar-refractivity contribution is -0.137. The maximum atomic E-state index is 11.3. The average molecular weight is 313 g/mol. The maximum absolute atomic E-state index is 11.3. The van der Waals surface area contributed by atoms with Crippen LogP contribution >= 0.6 is 0 Å². The first kappa shape index (κ1) is 21.1. The average Bonchev–Trinajstić information content (AvgIpc) is 2.50. The molecule has 0 aliphatic heterocycles. The van der Waals surface area contributed by atoms with Crippen molar-refractivity contribution in [1.29, 1.82) is 0 Å². The van der Waals surface area contributed by atoms with Gasteiger partial charge in [0.25, 0.3) is 5.91 Å². The molecule has 0 heterocycles. The van der Waals surface area contributed by atoms with Crippen molar-refractivity contribution < 1.29 is 14.7 Å². The van der Waals surface area contributed by atoms with Crippen LogP contribution in [0.15, 0.2) is 0 Å². The first-order chi connectivity index (χ1) is 10.6. The van der Waals surface area contributed by atoms with Gasteiger partial charge in [0.15, 0.2) is 11.9 Å². The van der Waals surface area contributed by atoms with E-state index in [1.54, 1.807) is 0 Å². The molecule has 3 N–H and O–H groups in total. The Kier molecular flexibility index (Phi) is 14.4. The fraction of sp³-hybridized carbons (Fsp3) is 0.889. The lowest BCUT2D eigenvalue weighted by Crippen LogP contribution is -2.35. The predicted molar refractivity (Wildman–Crippen MR) is 90.5 cm³/mol. The summed E-state index contributed by atoms with van der Waals surface area (Å²) in [5.41, 5.74) is 4.87. The van der Waals surface area contributed by atoms with Crippen LogP contribution in [0.5, 0.6) is 0 Å². The van der Waals surface area contributed by atoms with Crippen molar-refractivity contribution in [2.45, 2.75) is 103 Å². The zero-order chi connectivity index (χ0) is 16.6. The first-order valence-corrected chi connectivity index (χ1v) is 9.09. The predicted octanol–water partition coefficient (Wildman–Crippen LogP) is 3.88. The molecule has 4 nitrogen and oxygen atoms in total. The van der Waals surface area contributed by atoms with E-state index in [4.69, 9.17) is 10.8 Å². The highest BCUT2D eigenvalue weighted by Crippen LogP contribution is 2.13. The number of aliphatic hydroxyl groups excluding tert-OH is 1. The number of unbranched alkanes of at least 4 members (excludes halogenated alkanes) is 12. The molecule has 0 saturated carbocycles. The molecule has 0 rings (SSSR count). The molecule has 0 saturated heterocycles. The monoisotopic (exact) mass is 313 g/mol. The number of nitrogens with two attached hydrogens (primary N) is 1. The van der Waals surface area contributed by atoms with Crippen LogP contribution in [0, 0.1) is 0 Å². The Bertz CT molecular complexity index is 292. The van der Waals surface area contributed by atoms with Crippen molar-refractivity contribution in [3.05, 3.63) is 0 Å². The van der Waals surface area contributed by atoms with Gasteiger partial charge >= 0.3 is 0 Å². The normalized spacial score (nSPS) is 12.3. The van der Waals surface area contributed by atoms with Crippen molar-refractivity contribution in [3.8, 4) is 0 Å². The van der Waals surface area contributed by atoms with Gasteiger partial charge in [-0.25, -0.2) is 0 Å². The largest absolute Gasteiger partial charge is 0.376 e. The van der Waals surface area contributed by atoms with Crippen molar-refractivity contribution in [2.24, 2.45) is 5.73 Å². The van der Waals surface area contributed by atoms with Crippen molar-refractivity contribution in [1.82, 2.24) is 0 Å². The second-order valence-electron chi connectivity index (χ2n) is 6.26. The number of carbonyl (C=O) groups excluding carboxylic acids is 2. The molecular weight excluding hydrogens is 278 g/mol. The minimum atomic E-state index is -1.61. The summed E-state index contributed by atoms with van der Waals surface area (Å²) in [6, 6.07) is 0. The van der Waals surface area contributed by atoms with Crippen LogP contribution in [0.2, 0.25) is 0 Å². The van der Waals surface area contributed by atoms with E-state index in [9.17, 15) is 9.59 Å². The number of Topliss-reactive ketones (excluding diaryl/α,β-unsaturated/α-hetero) is 1. The number of aliphatic hydroxyl groups is 1. The Balaban J connectivity index is 3.21. The van der Waals surface area contributed by atoms with Gasteiger partial charge < -0.3 is 10.8 Å². The zero-order valence-electron chi connectivity index (χ0n) is 14.3. The summed E-state index contributed by atoms with van der Waals surface area (Å²) >= 11 is 0. The van der Waals surface area contributed by atoms with E-state index in [0.29, 0.717) is 0 Å². The second-order valence-corrected chi connectivity index (χ2v) is 6.26.